The molecule has 0 spiro atoms. The van der Waals surface area contributed by atoms with Gasteiger partial charge in [-0.05, 0) is 31.2 Å². The number of urea groups is 1. The van der Waals surface area contributed by atoms with Crippen LogP contribution in [0.4, 0.5) is 4.79 Å². The third-order valence-corrected chi connectivity index (χ3v) is 5.65. The van der Waals surface area contributed by atoms with E-state index in [4.69, 9.17) is 0 Å². The molecule has 2 N–H and O–H groups in total. The quantitative estimate of drug-likeness (QED) is 0.517. The van der Waals surface area contributed by atoms with Crippen molar-refractivity contribution in [1.82, 2.24) is 30.4 Å². The molecule has 1 atom stereocenters. The summed E-state index contributed by atoms with van der Waals surface area (Å²) in [4.78, 5) is 40.0. The molecule has 0 aliphatic carbocycles. The van der Waals surface area contributed by atoms with E-state index in [9.17, 15) is 14.4 Å². The van der Waals surface area contributed by atoms with E-state index in [0.717, 1.165) is 16.3 Å². The zero-order valence-electron chi connectivity index (χ0n) is 18.6. The van der Waals surface area contributed by atoms with Crippen molar-refractivity contribution in [2.24, 2.45) is 0 Å². The largest absolute Gasteiger partial charge is 0.344 e. The predicted molar refractivity (Wildman–Crippen MR) is 122 cm³/mol. The molecule has 33 heavy (non-hydrogen) atoms. The molecular weight excluding hydrogens is 420 g/mol. The molecule has 1 aliphatic heterocycles. The Hall–Kier alpha value is -3.98. The summed E-state index contributed by atoms with van der Waals surface area (Å²) in [6.07, 6.45) is 4.00. The van der Waals surface area contributed by atoms with Crippen molar-refractivity contribution in [1.29, 1.82) is 0 Å². The van der Waals surface area contributed by atoms with Crippen LogP contribution in [-0.2, 0) is 21.7 Å². The number of likely N-dealkylation sites (N-methyl/N-ethyl adjacent to an activating group) is 1. The van der Waals surface area contributed by atoms with Crippen LogP contribution in [0.2, 0.25) is 0 Å². The van der Waals surface area contributed by atoms with Gasteiger partial charge in [-0.25, -0.2) is 9.48 Å². The van der Waals surface area contributed by atoms with E-state index in [1.807, 2.05) is 61.7 Å². The molecule has 9 nitrogen and oxygen atoms in total. The van der Waals surface area contributed by atoms with Crippen LogP contribution in [0.3, 0.4) is 0 Å². The fourth-order valence-electron chi connectivity index (χ4n) is 3.98. The fraction of sp³-hybridized carbons (Fsp3) is 0.250. The Labute approximate surface area is 192 Å². The molecule has 1 fully saturated rings. The molecule has 9 heteroatoms. The minimum Gasteiger partial charge on any atom is -0.318 e. The lowest BCUT2D eigenvalue weighted by atomic mass is 9.87. The molecule has 1 aromatic heterocycles. The minimum atomic E-state index is -1.19. The highest BCUT2D eigenvalue weighted by Crippen LogP contribution is 2.31. The van der Waals surface area contributed by atoms with Crippen molar-refractivity contribution < 1.29 is 14.4 Å². The SMILES string of the molecule is CCC1(c2ccccc2)NC(=O)N(NC(=O)CN(C)Cc2cnn(-c3ccccc3)c2)C1=O. The van der Waals surface area contributed by atoms with Crippen molar-refractivity contribution in [3.63, 3.8) is 0 Å². The highest BCUT2D eigenvalue weighted by Gasteiger charge is 2.52. The number of hydrogen-bond donors (Lipinski definition) is 2. The minimum absolute atomic E-state index is 0.00195. The second-order valence-electron chi connectivity index (χ2n) is 8.03. The van der Waals surface area contributed by atoms with Gasteiger partial charge in [0.05, 0.1) is 18.4 Å². The van der Waals surface area contributed by atoms with Gasteiger partial charge in [0.2, 0.25) is 0 Å². The van der Waals surface area contributed by atoms with Crippen LogP contribution in [-0.4, -0.2) is 51.1 Å². The standard InChI is InChI=1S/C24H26N6O3/c1-3-24(19-10-6-4-7-11-19)22(32)30(23(33)26-24)27-21(31)17-28(2)15-18-14-25-29(16-18)20-12-8-5-9-13-20/h4-14,16H,3,15,17H2,1-2H3,(H,26,33)(H,27,31). The number of para-hydroxylation sites is 1. The predicted octanol–water partition coefficient (Wildman–Crippen LogP) is 2.19. The third kappa shape index (κ3) is 4.49. The number of benzene rings is 2. The first-order valence-corrected chi connectivity index (χ1v) is 10.7. The Kier molecular flexibility index (Phi) is 6.23. The average molecular weight is 447 g/mol. The molecule has 2 aromatic carbocycles. The number of carbonyl (C=O) groups is 3. The Morgan fingerprint density at radius 2 is 1.76 bits per heavy atom. The second kappa shape index (κ2) is 9.25. The number of amides is 4. The summed E-state index contributed by atoms with van der Waals surface area (Å²) in [5, 5.41) is 7.89. The summed E-state index contributed by atoms with van der Waals surface area (Å²) < 4.78 is 1.77. The molecule has 170 valence electrons. The maximum atomic E-state index is 13.1. The topological polar surface area (TPSA) is 99.6 Å². The lowest BCUT2D eigenvalue weighted by molar-refractivity contribution is -0.139. The van der Waals surface area contributed by atoms with E-state index < -0.39 is 23.4 Å². The molecule has 4 rings (SSSR count). The number of hydrogen-bond acceptors (Lipinski definition) is 5. The summed E-state index contributed by atoms with van der Waals surface area (Å²) in [6.45, 7) is 2.29. The number of aromatic nitrogens is 2. The molecule has 1 saturated heterocycles. The van der Waals surface area contributed by atoms with Gasteiger partial charge in [0.25, 0.3) is 11.8 Å². The summed E-state index contributed by atoms with van der Waals surface area (Å²) in [5.74, 6) is -0.960. The van der Waals surface area contributed by atoms with Gasteiger partial charge in [-0.1, -0.05) is 55.5 Å². The zero-order valence-corrected chi connectivity index (χ0v) is 18.6. The van der Waals surface area contributed by atoms with Crippen molar-refractivity contribution in [3.8, 4) is 5.69 Å². The number of hydrazine groups is 1. The van der Waals surface area contributed by atoms with Crippen LogP contribution >= 0.6 is 0 Å². The highest BCUT2D eigenvalue weighted by molar-refractivity contribution is 6.08. The third-order valence-electron chi connectivity index (χ3n) is 5.65. The molecule has 1 unspecified atom stereocenters. The van der Waals surface area contributed by atoms with Gasteiger partial charge in [-0.2, -0.15) is 10.1 Å². The molecule has 0 bridgehead atoms. The van der Waals surface area contributed by atoms with Crippen LogP contribution < -0.4 is 10.7 Å². The van der Waals surface area contributed by atoms with E-state index in [1.165, 1.54) is 0 Å². The molecule has 0 radical (unpaired) electrons. The molecular formula is C24H26N6O3. The number of imide groups is 1. The average Bonchev–Trinajstić information content (AvgIpc) is 3.38. The molecule has 1 aliphatic rings. The summed E-state index contributed by atoms with van der Waals surface area (Å²) in [5.41, 5.74) is 3.81. The first kappa shape index (κ1) is 22.2. The van der Waals surface area contributed by atoms with E-state index >= 15 is 0 Å². The Morgan fingerprint density at radius 3 is 2.42 bits per heavy atom. The number of carbonyl (C=O) groups excluding carboxylic acids is 3. The van der Waals surface area contributed by atoms with Crippen molar-refractivity contribution in [3.05, 3.63) is 84.2 Å². The Balaban J connectivity index is 1.37. The van der Waals surface area contributed by atoms with E-state index in [-0.39, 0.29) is 6.54 Å². The molecule has 3 aromatic rings. The van der Waals surface area contributed by atoms with Crippen LogP contribution in [0.15, 0.2) is 73.1 Å². The van der Waals surface area contributed by atoms with Crippen LogP contribution in [0.5, 0.6) is 0 Å². The fourth-order valence-corrected chi connectivity index (χ4v) is 3.98. The zero-order chi connectivity index (χ0) is 23.4. The molecule has 2 heterocycles. The van der Waals surface area contributed by atoms with Gasteiger partial charge in [-0.3, -0.25) is 19.9 Å². The van der Waals surface area contributed by atoms with Crippen LogP contribution in [0, 0.1) is 0 Å². The Bertz CT molecular complexity index is 1150. The summed E-state index contributed by atoms with van der Waals surface area (Å²) >= 11 is 0. The van der Waals surface area contributed by atoms with Crippen LogP contribution in [0.1, 0.15) is 24.5 Å². The maximum absolute atomic E-state index is 13.1. The first-order valence-electron chi connectivity index (χ1n) is 10.7. The van der Waals surface area contributed by atoms with Gasteiger partial charge < -0.3 is 5.32 Å². The monoisotopic (exact) mass is 446 g/mol. The van der Waals surface area contributed by atoms with Gasteiger partial charge in [0, 0.05) is 18.3 Å². The van der Waals surface area contributed by atoms with E-state index in [0.29, 0.717) is 18.5 Å². The lowest BCUT2D eigenvalue weighted by Gasteiger charge is -2.25. The van der Waals surface area contributed by atoms with Crippen molar-refractivity contribution in [2.75, 3.05) is 13.6 Å². The number of nitrogens with zero attached hydrogens (tertiary/aromatic N) is 4. The van der Waals surface area contributed by atoms with E-state index in [1.54, 1.807) is 35.0 Å². The van der Waals surface area contributed by atoms with Gasteiger partial charge in [-0.15, -0.1) is 0 Å². The Morgan fingerprint density at radius 1 is 1.09 bits per heavy atom. The van der Waals surface area contributed by atoms with Crippen LogP contribution in [0.25, 0.3) is 5.69 Å². The first-order chi connectivity index (χ1) is 15.9. The second-order valence-corrected chi connectivity index (χ2v) is 8.03. The summed E-state index contributed by atoms with van der Waals surface area (Å²) in [6, 6.07) is 18.1. The highest BCUT2D eigenvalue weighted by atomic mass is 16.2. The van der Waals surface area contributed by atoms with Gasteiger partial charge in [0.1, 0.15) is 5.54 Å². The maximum Gasteiger partial charge on any atom is 0.344 e. The summed E-state index contributed by atoms with van der Waals surface area (Å²) in [7, 11) is 1.78. The normalized spacial score (nSPS) is 18.0. The van der Waals surface area contributed by atoms with Gasteiger partial charge in [0.15, 0.2) is 0 Å². The lowest BCUT2D eigenvalue weighted by Crippen LogP contribution is -2.50. The smallest absolute Gasteiger partial charge is 0.318 e. The van der Waals surface area contributed by atoms with Crippen molar-refractivity contribution in [2.45, 2.75) is 25.4 Å². The van der Waals surface area contributed by atoms with Crippen molar-refractivity contribution >= 4 is 17.8 Å². The number of rotatable bonds is 8. The van der Waals surface area contributed by atoms with Gasteiger partial charge >= 0.3 is 6.03 Å². The molecule has 4 amide bonds. The van der Waals surface area contributed by atoms with E-state index in [2.05, 4.69) is 15.8 Å². The number of nitrogens with one attached hydrogen (secondary N) is 2. The molecule has 0 saturated carbocycles.